The molecule has 0 saturated carbocycles. The highest BCUT2D eigenvalue weighted by Crippen LogP contribution is 2.22. The molecule has 0 aromatic heterocycles. The third-order valence-electron chi connectivity index (χ3n) is 4.76. The van der Waals surface area contributed by atoms with E-state index in [2.05, 4.69) is 34.5 Å². The normalized spacial score (nSPS) is 19.3. The predicted octanol–water partition coefficient (Wildman–Crippen LogP) is 3.16. The van der Waals surface area contributed by atoms with Crippen LogP contribution in [-0.4, -0.2) is 48.8 Å². The fourth-order valence-corrected chi connectivity index (χ4v) is 3.63. The maximum atomic E-state index is 12.6. The molecule has 3 rings (SSSR count). The molecule has 26 heavy (non-hydrogen) atoms. The minimum absolute atomic E-state index is 0.0633. The molecule has 2 saturated heterocycles. The van der Waals surface area contributed by atoms with Gasteiger partial charge in [0.1, 0.15) is 5.70 Å². The van der Waals surface area contributed by atoms with E-state index in [0.717, 1.165) is 25.1 Å². The van der Waals surface area contributed by atoms with Crippen molar-refractivity contribution in [1.82, 2.24) is 10.2 Å². The lowest BCUT2D eigenvalue weighted by Crippen LogP contribution is -2.32. The van der Waals surface area contributed by atoms with E-state index < -0.39 is 0 Å². The van der Waals surface area contributed by atoms with Crippen LogP contribution in [0, 0.1) is 0 Å². The zero-order valence-corrected chi connectivity index (χ0v) is 16.2. The Kier molecular flexibility index (Phi) is 6.63. The second-order valence-corrected chi connectivity index (χ2v) is 7.02. The first-order chi connectivity index (χ1) is 12.7. The Balaban J connectivity index is 1.62. The molecule has 0 radical (unpaired) electrons. The standard InChI is InChI=1S/C20H27N3O2S/c1-2-25-14-6-13-23-19(24)18(21-20(23)26)15-16-7-9-17(10-8-16)22-11-4-3-5-12-22/h7-10,15H,2-6,11-14H2,1H3,(H,21,26)/b18-15+. The molecule has 2 fully saturated rings. The molecule has 6 heteroatoms. The summed E-state index contributed by atoms with van der Waals surface area (Å²) in [6, 6.07) is 8.39. The van der Waals surface area contributed by atoms with Gasteiger partial charge in [-0.1, -0.05) is 12.1 Å². The second kappa shape index (κ2) is 9.14. The molecule has 0 bridgehead atoms. The van der Waals surface area contributed by atoms with E-state index in [-0.39, 0.29) is 5.91 Å². The Morgan fingerprint density at radius 1 is 1.19 bits per heavy atom. The first kappa shape index (κ1) is 18.9. The van der Waals surface area contributed by atoms with E-state index in [1.807, 2.05) is 13.0 Å². The molecular formula is C20H27N3O2S. The SMILES string of the molecule is CCOCCCN1C(=O)/C(=C\c2ccc(N3CCCCC3)cc2)NC1=S. The first-order valence-electron chi connectivity index (χ1n) is 9.46. The van der Waals surface area contributed by atoms with Gasteiger partial charge < -0.3 is 15.0 Å². The quantitative estimate of drug-likeness (QED) is 0.452. The molecule has 5 nitrogen and oxygen atoms in total. The van der Waals surface area contributed by atoms with Crippen LogP contribution >= 0.6 is 12.2 Å². The number of piperidine rings is 1. The van der Waals surface area contributed by atoms with Crippen molar-refractivity contribution in [3.63, 3.8) is 0 Å². The highest BCUT2D eigenvalue weighted by Gasteiger charge is 2.29. The van der Waals surface area contributed by atoms with Crippen molar-refractivity contribution >= 4 is 35.0 Å². The number of ether oxygens (including phenoxy) is 1. The summed E-state index contributed by atoms with van der Waals surface area (Å²) in [6.45, 7) is 6.13. The number of nitrogens with one attached hydrogen (secondary N) is 1. The third-order valence-corrected chi connectivity index (χ3v) is 5.08. The Morgan fingerprint density at radius 3 is 2.62 bits per heavy atom. The highest BCUT2D eigenvalue weighted by molar-refractivity contribution is 7.80. The Hall–Kier alpha value is -1.92. The van der Waals surface area contributed by atoms with Crippen LogP contribution in [0.25, 0.3) is 6.08 Å². The van der Waals surface area contributed by atoms with Crippen LogP contribution in [0.5, 0.6) is 0 Å². The zero-order chi connectivity index (χ0) is 18.4. The van der Waals surface area contributed by atoms with Crippen LogP contribution < -0.4 is 10.2 Å². The van der Waals surface area contributed by atoms with Crippen molar-refractivity contribution in [2.24, 2.45) is 0 Å². The van der Waals surface area contributed by atoms with Crippen LogP contribution in [0.3, 0.4) is 0 Å². The topological polar surface area (TPSA) is 44.8 Å². The van der Waals surface area contributed by atoms with E-state index in [9.17, 15) is 4.79 Å². The van der Waals surface area contributed by atoms with E-state index in [1.54, 1.807) is 4.90 Å². The molecule has 1 aromatic carbocycles. The van der Waals surface area contributed by atoms with Crippen molar-refractivity contribution in [2.45, 2.75) is 32.6 Å². The third kappa shape index (κ3) is 4.62. The zero-order valence-electron chi connectivity index (χ0n) is 15.4. The fourth-order valence-electron chi connectivity index (χ4n) is 3.34. The Labute approximate surface area is 161 Å². The van der Waals surface area contributed by atoms with E-state index >= 15 is 0 Å². The van der Waals surface area contributed by atoms with Crippen LogP contribution in [0.1, 0.15) is 38.2 Å². The highest BCUT2D eigenvalue weighted by atomic mass is 32.1. The van der Waals surface area contributed by atoms with Gasteiger partial charge in [0.05, 0.1) is 0 Å². The number of carbonyl (C=O) groups is 1. The molecule has 0 unspecified atom stereocenters. The number of carbonyl (C=O) groups excluding carboxylic acids is 1. The number of hydrogen-bond acceptors (Lipinski definition) is 4. The van der Waals surface area contributed by atoms with Crippen molar-refractivity contribution in [3.05, 3.63) is 35.5 Å². The number of anilines is 1. The van der Waals surface area contributed by atoms with Gasteiger partial charge in [0.15, 0.2) is 5.11 Å². The molecule has 0 spiro atoms. The van der Waals surface area contributed by atoms with Crippen molar-refractivity contribution < 1.29 is 9.53 Å². The molecule has 0 aliphatic carbocycles. The molecule has 0 atom stereocenters. The van der Waals surface area contributed by atoms with Gasteiger partial charge in [0.25, 0.3) is 5.91 Å². The van der Waals surface area contributed by atoms with Crippen molar-refractivity contribution in [2.75, 3.05) is 37.7 Å². The molecule has 1 aromatic rings. The summed E-state index contributed by atoms with van der Waals surface area (Å²) in [5, 5.41) is 3.51. The van der Waals surface area contributed by atoms with E-state index in [4.69, 9.17) is 17.0 Å². The maximum absolute atomic E-state index is 12.6. The van der Waals surface area contributed by atoms with Crippen molar-refractivity contribution in [3.8, 4) is 0 Å². The second-order valence-electron chi connectivity index (χ2n) is 6.63. The smallest absolute Gasteiger partial charge is 0.276 e. The lowest BCUT2D eigenvalue weighted by Gasteiger charge is -2.28. The number of benzene rings is 1. The number of hydrogen-bond donors (Lipinski definition) is 1. The first-order valence-corrected chi connectivity index (χ1v) is 9.87. The summed E-state index contributed by atoms with van der Waals surface area (Å²) >= 11 is 5.30. The van der Waals surface area contributed by atoms with Gasteiger partial charge in [-0.25, -0.2) is 0 Å². The molecular weight excluding hydrogens is 346 g/mol. The lowest BCUT2D eigenvalue weighted by molar-refractivity contribution is -0.122. The van der Waals surface area contributed by atoms with Gasteiger partial charge in [-0.05, 0) is 68.6 Å². The average Bonchev–Trinajstić information content (AvgIpc) is 2.93. The molecule has 1 N–H and O–H groups in total. The van der Waals surface area contributed by atoms with Crippen LogP contribution in [0.4, 0.5) is 5.69 Å². The van der Waals surface area contributed by atoms with Gasteiger partial charge >= 0.3 is 0 Å². The number of nitrogens with zero attached hydrogens (tertiary/aromatic N) is 2. The average molecular weight is 374 g/mol. The number of thiocarbonyl (C=S) groups is 1. The number of amides is 1. The van der Waals surface area contributed by atoms with Gasteiger partial charge in [-0.2, -0.15) is 0 Å². The molecule has 2 aliphatic heterocycles. The summed E-state index contributed by atoms with van der Waals surface area (Å²) in [6.07, 6.45) is 6.51. The summed E-state index contributed by atoms with van der Waals surface area (Å²) < 4.78 is 5.33. The van der Waals surface area contributed by atoms with E-state index in [0.29, 0.717) is 30.6 Å². The van der Waals surface area contributed by atoms with Gasteiger partial charge in [-0.3, -0.25) is 9.69 Å². The summed E-state index contributed by atoms with van der Waals surface area (Å²) in [5.41, 5.74) is 2.79. The molecule has 2 aliphatic rings. The molecule has 140 valence electrons. The summed E-state index contributed by atoms with van der Waals surface area (Å²) in [7, 11) is 0. The fraction of sp³-hybridized carbons (Fsp3) is 0.500. The minimum Gasteiger partial charge on any atom is -0.382 e. The van der Waals surface area contributed by atoms with Crippen LogP contribution in [0.2, 0.25) is 0 Å². The monoisotopic (exact) mass is 373 g/mol. The lowest BCUT2D eigenvalue weighted by atomic mass is 10.1. The Bertz CT molecular complexity index is 666. The largest absolute Gasteiger partial charge is 0.382 e. The molecule has 1 amide bonds. The van der Waals surface area contributed by atoms with Gasteiger partial charge in [-0.15, -0.1) is 0 Å². The van der Waals surface area contributed by atoms with Crippen LogP contribution in [0.15, 0.2) is 30.0 Å². The predicted molar refractivity (Wildman–Crippen MR) is 109 cm³/mol. The molecule has 2 heterocycles. The minimum atomic E-state index is -0.0633. The van der Waals surface area contributed by atoms with Gasteiger partial charge in [0, 0.05) is 38.5 Å². The Morgan fingerprint density at radius 2 is 1.92 bits per heavy atom. The van der Waals surface area contributed by atoms with Crippen LogP contribution in [-0.2, 0) is 9.53 Å². The number of rotatable bonds is 7. The summed E-state index contributed by atoms with van der Waals surface area (Å²) in [5.74, 6) is -0.0633. The summed E-state index contributed by atoms with van der Waals surface area (Å²) in [4.78, 5) is 16.6. The van der Waals surface area contributed by atoms with Gasteiger partial charge in [0.2, 0.25) is 0 Å². The van der Waals surface area contributed by atoms with Crippen molar-refractivity contribution in [1.29, 1.82) is 0 Å². The maximum Gasteiger partial charge on any atom is 0.276 e. The van der Waals surface area contributed by atoms with E-state index in [1.165, 1.54) is 24.9 Å².